The first-order valence-corrected chi connectivity index (χ1v) is 10.7. The average Bonchev–Trinajstić information content (AvgIpc) is 3.41. The monoisotopic (exact) mass is 457 g/mol. The Bertz CT molecular complexity index is 1170. The summed E-state index contributed by atoms with van der Waals surface area (Å²) in [6.07, 6.45) is 3.74. The van der Waals surface area contributed by atoms with Crippen LogP contribution in [-0.4, -0.2) is 35.8 Å². The molecule has 1 unspecified atom stereocenters. The summed E-state index contributed by atoms with van der Waals surface area (Å²) in [5.41, 5.74) is 1.86. The van der Waals surface area contributed by atoms with E-state index in [0.29, 0.717) is 35.4 Å². The van der Waals surface area contributed by atoms with Crippen molar-refractivity contribution in [2.75, 3.05) is 11.2 Å². The first kappa shape index (κ1) is 21.9. The Morgan fingerprint density at radius 1 is 1.16 bits per heavy atom. The number of aromatic nitrogens is 6. The van der Waals surface area contributed by atoms with Gasteiger partial charge >= 0.3 is 0 Å². The number of anilines is 2. The van der Waals surface area contributed by atoms with Crippen LogP contribution in [0.25, 0.3) is 5.69 Å². The van der Waals surface area contributed by atoms with Crippen molar-refractivity contribution in [3.05, 3.63) is 77.6 Å². The number of aromatic amines is 1. The molecule has 0 radical (unpaired) electrons. The van der Waals surface area contributed by atoms with Crippen molar-refractivity contribution in [2.24, 2.45) is 0 Å². The molecule has 10 heteroatoms. The standard InChI is InChI=1S/C22H22ClF2N7/c1-14-26-13-27-32(14)20-10-9-18(11-19(20)25)28-22-29-21(30-31-22)4-2-3-16(12-23)15-5-7-17(24)8-6-15/h5-11,13,16H,2-4,12H2,1H3,(H2,28,29,30,31). The van der Waals surface area contributed by atoms with E-state index < -0.39 is 5.82 Å². The Hall–Kier alpha value is -3.33. The highest BCUT2D eigenvalue weighted by Crippen LogP contribution is 2.24. The molecule has 7 nitrogen and oxygen atoms in total. The van der Waals surface area contributed by atoms with E-state index >= 15 is 0 Å². The van der Waals surface area contributed by atoms with Crippen molar-refractivity contribution in [3.63, 3.8) is 0 Å². The van der Waals surface area contributed by atoms with Gasteiger partial charge in [-0.15, -0.1) is 16.7 Å². The van der Waals surface area contributed by atoms with Crippen molar-refractivity contribution < 1.29 is 8.78 Å². The number of H-pyrrole nitrogens is 1. The highest BCUT2D eigenvalue weighted by atomic mass is 35.5. The first-order chi connectivity index (χ1) is 15.5. The third-order valence-electron chi connectivity index (χ3n) is 5.18. The largest absolute Gasteiger partial charge is 0.323 e. The van der Waals surface area contributed by atoms with E-state index in [1.54, 1.807) is 31.2 Å². The minimum absolute atomic E-state index is 0.146. The second-order valence-electron chi connectivity index (χ2n) is 7.41. The molecule has 2 aromatic carbocycles. The lowest BCUT2D eigenvalue weighted by molar-refractivity contribution is 0.608. The Morgan fingerprint density at radius 3 is 2.66 bits per heavy atom. The SMILES string of the molecule is Cc1ncnn1-c1ccc(Nc2n[nH]c(CCCC(CCl)c3ccc(F)cc3)n2)cc1F. The number of rotatable bonds is 9. The maximum absolute atomic E-state index is 14.5. The van der Waals surface area contributed by atoms with Crippen molar-refractivity contribution >= 4 is 23.2 Å². The van der Waals surface area contributed by atoms with Gasteiger partial charge in [0, 0.05) is 18.0 Å². The van der Waals surface area contributed by atoms with Gasteiger partial charge in [0.05, 0.1) is 0 Å². The molecule has 0 saturated carbocycles. The molecular weight excluding hydrogens is 436 g/mol. The molecule has 0 spiro atoms. The van der Waals surface area contributed by atoms with Crippen LogP contribution in [0.15, 0.2) is 48.8 Å². The molecule has 4 rings (SSSR count). The summed E-state index contributed by atoms with van der Waals surface area (Å²) in [5.74, 6) is 1.59. The van der Waals surface area contributed by atoms with E-state index in [-0.39, 0.29) is 11.7 Å². The fraction of sp³-hybridized carbons (Fsp3) is 0.273. The van der Waals surface area contributed by atoms with Gasteiger partial charge in [-0.25, -0.2) is 18.4 Å². The van der Waals surface area contributed by atoms with Gasteiger partial charge in [0.2, 0.25) is 5.95 Å². The molecule has 2 N–H and O–H groups in total. The van der Waals surface area contributed by atoms with Crippen LogP contribution in [0.1, 0.15) is 36.0 Å². The summed E-state index contributed by atoms with van der Waals surface area (Å²) in [7, 11) is 0. The first-order valence-electron chi connectivity index (χ1n) is 10.2. The lowest BCUT2D eigenvalue weighted by Gasteiger charge is -2.13. The third-order valence-corrected chi connectivity index (χ3v) is 5.55. The summed E-state index contributed by atoms with van der Waals surface area (Å²) in [6, 6.07) is 11.1. The molecule has 166 valence electrons. The number of hydrogen-bond donors (Lipinski definition) is 2. The van der Waals surface area contributed by atoms with Crippen molar-refractivity contribution in [1.29, 1.82) is 0 Å². The van der Waals surface area contributed by atoms with Crippen LogP contribution in [0.4, 0.5) is 20.4 Å². The molecule has 0 bridgehead atoms. The third kappa shape index (κ3) is 5.11. The van der Waals surface area contributed by atoms with Gasteiger partial charge in [-0.05, 0) is 61.6 Å². The Kier molecular flexibility index (Phi) is 6.75. The van der Waals surface area contributed by atoms with Gasteiger partial charge < -0.3 is 5.32 Å². The predicted molar refractivity (Wildman–Crippen MR) is 119 cm³/mol. The lowest BCUT2D eigenvalue weighted by Crippen LogP contribution is -2.03. The van der Waals surface area contributed by atoms with E-state index in [2.05, 4.69) is 30.6 Å². The van der Waals surface area contributed by atoms with Crippen molar-refractivity contribution in [1.82, 2.24) is 29.9 Å². The number of aryl methyl sites for hydroxylation is 2. The van der Waals surface area contributed by atoms with Gasteiger partial charge in [-0.3, -0.25) is 5.10 Å². The van der Waals surface area contributed by atoms with E-state index in [9.17, 15) is 8.78 Å². The summed E-state index contributed by atoms with van der Waals surface area (Å²) in [5, 5.41) is 14.1. The number of benzene rings is 2. The number of halogens is 3. The molecule has 4 aromatic rings. The van der Waals surface area contributed by atoms with Crippen LogP contribution < -0.4 is 5.32 Å². The van der Waals surface area contributed by atoms with Crippen molar-refractivity contribution in [2.45, 2.75) is 32.1 Å². The molecular formula is C22H22ClF2N7. The zero-order valence-corrected chi connectivity index (χ0v) is 18.2. The predicted octanol–water partition coefficient (Wildman–Crippen LogP) is 5.06. The van der Waals surface area contributed by atoms with Crippen LogP contribution in [-0.2, 0) is 6.42 Å². The van der Waals surface area contributed by atoms with Gasteiger partial charge in [0.15, 0.2) is 5.82 Å². The number of nitrogens with zero attached hydrogens (tertiary/aromatic N) is 5. The van der Waals surface area contributed by atoms with Gasteiger partial charge in [-0.2, -0.15) is 10.1 Å². The van der Waals surface area contributed by atoms with E-state index in [4.69, 9.17) is 11.6 Å². The molecule has 0 aliphatic heterocycles. The normalized spacial score (nSPS) is 12.1. The summed E-state index contributed by atoms with van der Waals surface area (Å²) in [4.78, 5) is 8.43. The maximum atomic E-state index is 14.5. The second-order valence-corrected chi connectivity index (χ2v) is 7.72. The maximum Gasteiger partial charge on any atom is 0.246 e. The highest BCUT2D eigenvalue weighted by Gasteiger charge is 2.13. The Labute approximate surface area is 188 Å². The van der Waals surface area contributed by atoms with Gasteiger partial charge in [0.1, 0.15) is 29.5 Å². The van der Waals surface area contributed by atoms with E-state index in [1.807, 2.05) is 0 Å². The molecule has 0 amide bonds. The molecule has 2 aromatic heterocycles. The minimum Gasteiger partial charge on any atom is -0.323 e. The van der Waals surface area contributed by atoms with Gasteiger partial charge in [0.25, 0.3) is 0 Å². The summed E-state index contributed by atoms with van der Waals surface area (Å²) < 4.78 is 29.1. The number of hydrogen-bond acceptors (Lipinski definition) is 5. The molecule has 0 aliphatic rings. The van der Waals surface area contributed by atoms with Crippen LogP contribution in [0, 0.1) is 18.6 Å². The van der Waals surface area contributed by atoms with Gasteiger partial charge in [-0.1, -0.05) is 12.1 Å². The molecule has 0 saturated heterocycles. The highest BCUT2D eigenvalue weighted by molar-refractivity contribution is 6.18. The van der Waals surface area contributed by atoms with Crippen LogP contribution >= 0.6 is 11.6 Å². The van der Waals surface area contributed by atoms with Crippen LogP contribution in [0.5, 0.6) is 0 Å². The van der Waals surface area contributed by atoms with Crippen LogP contribution in [0.2, 0.25) is 0 Å². The summed E-state index contributed by atoms with van der Waals surface area (Å²) >= 11 is 6.10. The Morgan fingerprint density at radius 2 is 1.97 bits per heavy atom. The zero-order valence-electron chi connectivity index (χ0n) is 17.4. The Balaban J connectivity index is 1.33. The second kappa shape index (κ2) is 9.86. The topological polar surface area (TPSA) is 84.3 Å². The molecule has 2 heterocycles. The fourth-order valence-corrected chi connectivity index (χ4v) is 3.80. The molecule has 1 atom stereocenters. The molecule has 32 heavy (non-hydrogen) atoms. The van der Waals surface area contributed by atoms with Crippen LogP contribution in [0.3, 0.4) is 0 Å². The number of alkyl halides is 1. The van der Waals surface area contributed by atoms with Crippen molar-refractivity contribution in [3.8, 4) is 5.69 Å². The quantitative estimate of drug-likeness (QED) is 0.343. The molecule has 0 aliphatic carbocycles. The van der Waals surface area contributed by atoms with E-state index in [1.165, 1.54) is 29.2 Å². The van der Waals surface area contributed by atoms with E-state index in [0.717, 1.165) is 24.2 Å². The average molecular weight is 458 g/mol. The fourth-order valence-electron chi connectivity index (χ4n) is 3.47. The smallest absolute Gasteiger partial charge is 0.246 e. The molecule has 0 fully saturated rings. The minimum atomic E-state index is -0.438. The summed E-state index contributed by atoms with van der Waals surface area (Å²) in [6.45, 7) is 1.75. The zero-order chi connectivity index (χ0) is 22.5. The lowest BCUT2D eigenvalue weighted by atomic mass is 9.95. The number of nitrogens with one attached hydrogen (secondary N) is 2.